The summed E-state index contributed by atoms with van der Waals surface area (Å²) in [6.45, 7) is 7.15. The van der Waals surface area contributed by atoms with Crippen molar-refractivity contribution in [1.29, 1.82) is 0 Å². The van der Waals surface area contributed by atoms with Crippen LogP contribution in [0.3, 0.4) is 0 Å². The lowest BCUT2D eigenvalue weighted by atomic mass is 10.1. The lowest BCUT2D eigenvalue weighted by Gasteiger charge is -2.14. The van der Waals surface area contributed by atoms with Gasteiger partial charge in [-0.15, -0.1) is 0 Å². The molecule has 0 aliphatic heterocycles. The van der Waals surface area contributed by atoms with Gasteiger partial charge in [-0.1, -0.05) is 6.07 Å². The minimum Gasteiger partial charge on any atom is -0.494 e. The molecule has 0 heterocycles. The van der Waals surface area contributed by atoms with E-state index in [2.05, 4.69) is 0 Å². The van der Waals surface area contributed by atoms with Crippen LogP contribution < -0.4 is 15.2 Å². The molecule has 3 nitrogen and oxygen atoms in total. The Morgan fingerprint density at radius 2 is 1.87 bits per heavy atom. The van der Waals surface area contributed by atoms with E-state index >= 15 is 0 Å². The van der Waals surface area contributed by atoms with Crippen LogP contribution in [-0.2, 0) is 0 Å². The van der Waals surface area contributed by atoms with Gasteiger partial charge in [-0.2, -0.15) is 0 Å². The number of rotatable bonds is 5. The molecule has 0 saturated heterocycles. The Morgan fingerprint density at radius 3 is 2.40 bits per heavy atom. The molecule has 0 amide bonds. The van der Waals surface area contributed by atoms with E-state index in [1.54, 1.807) is 0 Å². The first-order chi connectivity index (χ1) is 7.19. The summed E-state index contributed by atoms with van der Waals surface area (Å²) in [6.07, 6.45) is 0. The van der Waals surface area contributed by atoms with Crippen molar-refractivity contribution in [2.75, 3.05) is 13.2 Å². The molecule has 3 heteroatoms. The Balaban J connectivity index is 2.97. The quantitative estimate of drug-likeness (QED) is 0.810. The number of ether oxygens (including phenoxy) is 2. The summed E-state index contributed by atoms with van der Waals surface area (Å²) >= 11 is 0. The van der Waals surface area contributed by atoms with Gasteiger partial charge in [-0.25, -0.2) is 0 Å². The minimum atomic E-state index is -0.0257. The third-order valence-corrected chi connectivity index (χ3v) is 2.09. The van der Waals surface area contributed by atoms with E-state index < -0.39 is 0 Å². The summed E-state index contributed by atoms with van der Waals surface area (Å²) in [5, 5.41) is 0. The molecule has 0 radical (unpaired) electrons. The highest BCUT2D eigenvalue weighted by molar-refractivity contribution is 5.42. The van der Waals surface area contributed by atoms with Crippen LogP contribution in [0.4, 0.5) is 0 Å². The van der Waals surface area contributed by atoms with Crippen molar-refractivity contribution in [3.63, 3.8) is 0 Å². The fraction of sp³-hybridized carbons (Fsp3) is 0.500. The SMILES string of the molecule is CCOc1ccc(C(C)N)c(OCC)c1. The summed E-state index contributed by atoms with van der Waals surface area (Å²) < 4.78 is 10.9. The lowest BCUT2D eigenvalue weighted by Crippen LogP contribution is -2.08. The first-order valence-electron chi connectivity index (χ1n) is 5.34. The van der Waals surface area contributed by atoms with Gasteiger partial charge in [0.15, 0.2) is 0 Å². The van der Waals surface area contributed by atoms with Gasteiger partial charge in [0.05, 0.1) is 13.2 Å². The molecule has 0 saturated carbocycles. The largest absolute Gasteiger partial charge is 0.494 e. The van der Waals surface area contributed by atoms with Crippen LogP contribution in [0.5, 0.6) is 11.5 Å². The van der Waals surface area contributed by atoms with Crippen LogP contribution in [-0.4, -0.2) is 13.2 Å². The molecule has 0 fully saturated rings. The van der Waals surface area contributed by atoms with Gasteiger partial charge in [-0.3, -0.25) is 0 Å². The van der Waals surface area contributed by atoms with Crippen molar-refractivity contribution in [2.45, 2.75) is 26.8 Å². The number of hydrogen-bond acceptors (Lipinski definition) is 3. The Kier molecular flexibility index (Phi) is 4.43. The van der Waals surface area contributed by atoms with Gasteiger partial charge in [-0.05, 0) is 26.8 Å². The summed E-state index contributed by atoms with van der Waals surface area (Å²) in [5.74, 6) is 1.64. The van der Waals surface area contributed by atoms with Gasteiger partial charge in [0.2, 0.25) is 0 Å². The molecule has 0 bridgehead atoms. The molecule has 1 aromatic rings. The van der Waals surface area contributed by atoms with Crippen molar-refractivity contribution >= 4 is 0 Å². The Morgan fingerprint density at radius 1 is 1.20 bits per heavy atom. The summed E-state index contributed by atoms with van der Waals surface area (Å²) in [7, 11) is 0. The van der Waals surface area contributed by atoms with Gasteiger partial charge in [0.25, 0.3) is 0 Å². The topological polar surface area (TPSA) is 44.5 Å². The molecule has 0 aromatic heterocycles. The summed E-state index contributed by atoms with van der Waals surface area (Å²) in [5.41, 5.74) is 6.86. The summed E-state index contributed by atoms with van der Waals surface area (Å²) in [4.78, 5) is 0. The molecular weight excluding hydrogens is 190 g/mol. The highest BCUT2D eigenvalue weighted by atomic mass is 16.5. The molecule has 0 spiro atoms. The molecule has 1 aromatic carbocycles. The van der Waals surface area contributed by atoms with Crippen molar-refractivity contribution < 1.29 is 9.47 Å². The monoisotopic (exact) mass is 209 g/mol. The third-order valence-electron chi connectivity index (χ3n) is 2.09. The van der Waals surface area contributed by atoms with Crippen LogP contribution in [0.15, 0.2) is 18.2 Å². The average Bonchev–Trinajstić information content (AvgIpc) is 2.18. The van der Waals surface area contributed by atoms with E-state index in [1.165, 1.54) is 0 Å². The number of hydrogen-bond donors (Lipinski definition) is 1. The number of benzene rings is 1. The van der Waals surface area contributed by atoms with E-state index in [0.717, 1.165) is 17.1 Å². The lowest BCUT2D eigenvalue weighted by molar-refractivity contribution is 0.319. The van der Waals surface area contributed by atoms with Crippen molar-refractivity contribution in [3.05, 3.63) is 23.8 Å². The predicted octanol–water partition coefficient (Wildman–Crippen LogP) is 2.50. The van der Waals surface area contributed by atoms with Gasteiger partial charge < -0.3 is 15.2 Å². The summed E-state index contributed by atoms with van der Waals surface area (Å²) in [6, 6.07) is 5.75. The van der Waals surface area contributed by atoms with Crippen LogP contribution in [0.1, 0.15) is 32.4 Å². The molecule has 1 rings (SSSR count). The van der Waals surface area contributed by atoms with Gasteiger partial charge >= 0.3 is 0 Å². The zero-order valence-electron chi connectivity index (χ0n) is 9.62. The van der Waals surface area contributed by atoms with Crippen LogP contribution in [0.25, 0.3) is 0 Å². The molecule has 1 atom stereocenters. The smallest absolute Gasteiger partial charge is 0.127 e. The van der Waals surface area contributed by atoms with E-state index in [4.69, 9.17) is 15.2 Å². The van der Waals surface area contributed by atoms with Crippen LogP contribution >= 0.6 is 0 Å². The van der Waals surface area contributed by atoms with E-state index in [-0.39, 0.29) is 6.04 Å². The molecule has 1 unspecified atom stereocenters. The van der Waals surface area contributed by atoms with E-state index in [1.807, 2.05) is 39.0 Å². The average molecular weight is 209 g/mol. The van der Waals surface area contributed by atoms with E-state index in [0.29, 0.717) is 13.2 Å². The number of nitrogens with two attached hydrogens (primary N) is 1. The van der Waals surface area contributed by atoms with Gasteiger partial charge in [0.1, 0.15) is 11.5 Å². The normalized spacial score (nSPS) is 12.3. The maximum Gasteiger partial charge on any atom is 0.127 e. The minimum absolute atomic E-state index is 0.0257. The zero-order chi connectivity index (χ0) is 11.3. The Bertz CT molecular complexity index is 310. The fourth-order valence-electron chi connectivity index (χ4n) is 1.43. The van der Waals surface area contributed by atoms with Gasteiger partial charge in [0, 0.05) is 17.7 Å². The maximum atomic E-state index is 5.85. The predicted molar refractivity (Wildman–Crippen MR) is 61.4 cm³/mol. The first kappa shape index (κ1) is 11.9. The highest BCUT2D eigenvalue weighted by Crippen LogP contribution is 2.28. The highest BCUT2D eigenvalue weighted by Gasteiger charge is 2.09. The Hall–Kier alpha value is -1.22. The Labute approximate surface area is 91.2 Å². The molecular formula is C12H19NO2. The molecule has 2 N–H and O–H groups in total. The second-order valence-corrected chi connectivity index (χ2v) is 3.35. The zero-order valence-corrected chi connectivity index (χ0v) is 9.62. The molecule has 15 heavy (non-hydrogen) atoms. The first-order valence-corrected chi connectivity index (χ1v) is 5.34. The van der Waals surface area contributed by atoms with E-state index in [9.17, 15) is 0 Å². The molecule has 84 valence electrons. The third kappa shape index (κ3) is 3.13. The molecule has 0 aliphatic carbocycles. The van der Waals surface area contributed by atoms with Crippen molar-refractivity contribution in [2.24, 2.45) is 5.73 Å². The van der Waals surface area contributed by atoms with Crippen LogP contribution in [0.2, 0.25) is 0 Å². The van der Waals surface area contributed by atoms with Crippen molar-refractivity contribution in [1.82, 2.24) is 0 Å². The second kappa shape index (κ2) is 5.61. The van der Waals surface area contributed by atoms with Crippen molar-refractivity contribution in [3.8, 4) is 11.5 Å². The van der Waals surface area contributed by atoms with Crippen LogP contribution in [0, 0.1) is 0 Å². The standard InChI is InChI=1S/C12H19NO2/c1-4-14-10-6-7-11(9(3)13)12(8-10)15-5-2/h6-9H,4-5,13H2,1-3H3. The second-order valence-electron chi connectivity index (χ2n) is 3.35. The maximum absolute atomic E-state index is 5.85. The fourth-order valence-corrected chi connectivity index (χ4v) is 1.43. The molecule has 0 aliphatic rings.